The largest absolute Gasteiger partial charge is 0.408 e. The third kappa shape index (κ3) is 7.68. The number of anilines is 1. The van der Waals surface area contributed by atoms with Crippen LogP contribution < -0.4 is 10.6 Å². The Balaban J connectivity index is 1.94. The lowest BCUT2D eigenvalue weighted by Gasteiger charge is -2.26. The number of rotatable bonds is 9. The molecule has 3 rings (SSSR count). The van der Waals surface area contributed by atoms with Crippen LogP contribution in [-0.2, 0) is 9.59 Å². The van der Waals surface area contributed by atoms with E-state index in [-0.39, 0.29) is 28.2 Å². The Labute approximate surface area is 228 Å². The molecule has 2 amide bonds. The number of aromatic nitrogens is 1. The van der Waals surface area contributed by atoms with Crippen molar-refractivity contribution in [3.8, 4) is 0 Å². The Kier molecular flexibility index (Phi) is 9.97. The minimum absolute atomic E-state index is 0.104. The molecule has 216 valence electrons. The van der Waals surface area contributed by atoms with E-state index in [1.165, 1.54) is 11.8 Å². The summed E-state index contributed by atoms with van der Waals surface area (Å²) in [5, 5.41) is 14.5. The Morgan fingerprint density at radius 3 is 2.49 bits per heavy atom. The van der Waals surface area contributed by atoms with Crippen LogP contribution in [0, 0.1) is 0 Å². The maximum atomic E-state index is 14.1. The second-order valence-electron chi connectivity index (χ2n) is 10.0. The molecule has 1 aliphatic heterocycles. The molecule has 3 N–H and O–H groups in total. The van der Waals surface area contributed by atoms with Gasteiger partial charge >= 0.3 is 6.18 Å². The van der Waals surface area contributed by atoms with Gasteiger partial charge in [0.05, 0.1) is 16.7 Å². The van der Waals surface area contributed by atoms with Gasteiger partial charge < -0.3 is 20.6 Å². The van der Waals surface area contributed by atoms with Crippen molar-refractivity contribution in [3.05, 3.63) is 23.4 Å². The first-order valence-electron chi connectivity index (χ1n) is 12.7. The van der Waals surface area contributed by atoms with Crippen LogP contribution in [0.1, 0.15) is 70.4 Å². The van der Waals surface area contributed by atoms with Gasteiger partial charge in [-0.1, -0.05) is 12.2 Å². The molecule has 1 aliphatic carbocycles. The Bertz CT molecular complexity index is 1120. The van der Waals surface area contributed by atoms with Gasteiger partial charge in [-0.05, 0) is 58.9 Å². The SMILES string of the molecule is CC(=NC(C(=O)N1CCC[C@@H]1C)C(=S)c1cnc(N[C@@H](C)C(F)(F)F)cc1C(F)F)C(=O)N[C@H]1CC[C@H](O)C1. The van der Waals surface area contributed by atoms with Crippen molar-refractivity contribution >= 4 is 40.4 Å². The highest BCUT2D eigenvalue weighted by Gasteiger charge is 2.38. The summed E-state index contributed by atoms with van der Waals surface area (Å²) < 4.78 is 67.0. The third-order valence-electron chi connectivity index (χ3n) is 7.00. The van der Waals surface area contributed by atoms with Crippen LogP contribution in [0.15, 0.2) is 17.3 Å². The van der Waals surface area contributed by atoms with Gasteiger partial charge in [0.1, 0.15) is 11.9 Å². The molecule has 0 bridgehead atoms. The van der Waals surface area contributed by atoms with Crippen molar-refractivity contribution in [1.82, 2.24) is 15.2 Å². The van der Waals surface area contributed by atoms with Crippen LogP contribution in [-0.4, -0.2) is 80.4 Å². The number of nitrogens with zero attached hydrogens (tertiary/aromatic N) is 3. The fourth-order valence-corrected chi connectivity index (χ4v) is 4.99. The van der Waals surface area contributed by atoms with Crippen molar-refractivity contribution in [1.29, 1.82) is 0 Å². The van der Waals surface area contributed by atoms with Gasteiger partial charge in [-0.3, -0.25) is 14.6 Å². The molecule has 2 fully saturated rings. The zero-order valence-electron chi connectivity index (χ0n) is 21.8. The lowest BCUT2D eigenvalue weighted by atomic mass is 10.0. The van der Waals surface area contributed by atoms with E-state index in [1.807, 2.05) is 12.2 Å². The molecule has 1 saturated heterocycles. The number of halogens is 5. The maximum Gasteiger partial charge on any atom is 0.408 e. The quantitative estimate of drug-likeness (QED) is 0.178. The number of likely N-dealkylation sites (tertiary alicyclic amines) is 1. The van der Waals surface area contributed by atoms with Crippen LogP contribution in [0.5, 0.6) is 0 Å². The number of nitrogens with one attached hydrogen (secondary N) is 2. The summed E-state index contributed by atoms with van der Waals surface area (Å²) in [5.74, 6) is -1.59. The van der Waals surface area contributed by atoms with Crippen LogP contribution in [0.4, 0.5) is 27.8 Å². The van der Waals surface area contributed by atoms with E-state index in [0.29, 0.717) is 25.8 Å². The second kappa shape index (κ2) is 12.6. The average molecular weight is 578 g/mol. The second-order valence-corrected chi connectivity index (χ2v) is 10.4. The first kappa shape index (κ1) is 30.8. The van der Waals surface area contributed by atoms with E-state index in [0.717, 1.165) is 32.0 Å². The highest BCUT2D eigenvalue weighted by atomic mass is 32.1. The number of hydrogen-bond acceptors (Lipinski definition) is 7. The summed E-state index contributed by atoms with van der Waals surface area (Å²) in [5.41, 5.74) is -1.13. The zero-order chi connectivity index (χ0) is 29.1. The zero-order valence-corrected chi connectivity index (χ0v) is 22.6. The maximum absolute atomic E-state index is 14.1. The van der Waals surface area contributed by atoms with Gasteiger partial charge in [0, 0.05) is 36.0 Å². The summed E-state index contributed by atoms with van der Waals surface area (Å²) in [6, 6.07) is -3.22. The standard InChI is InChI=1S/C25H32F5N5O3S/c1-12-5-4-8-35(12)24(38)20(32-13(2)23(37)34-15-6-7-16(36)9-15)21(39)18-11-31-19(10-17(18)22(26)27)33-14(3)25(28,29)30/h10-12,14-16,20,22,36H,4-9H2,1-3H3,(H,31,33)(H,34,37)/t12-,14-,15-,16-,20?/m0/s1. The topological polar surface area (TPSA) is 107 Å². The third-order valence-corrected chi connectivity index (χ3v) is 7.44. The summed E-state index contributed by atoms with van der Waals surface area (Å²) in [6.45, 7) is 4.42. The number of aliphatic hydroxyl groups excluding tert-OH is 1. The van der Waals surface area contributed by atoms with Crippen LogP contribution >= 0.6 is 12.2 Å². The minimum Gasteiger partial charge on any atom is -0.393 e. The van der Waals surface area contributed by atoms with E-state index in [9.17, 15) is 36.6 Å². The Hall–Kier alpha value is -2.74. The molecule has 14 heteroatoms. The van der Waals surface area contributed by atoms with E-state index in [2.05, 4.69) is 15.3 Å². The number of thiocarbonyl (C=S) groups is 1. The number of aliphatic imine (C=N–C) groups is 1. The molecule has 39 heavy (non-hydrogen) atoms. The van der Waals surface area contributed by atoms with Crippen molar-refractivity contribution < 1.29 is 36.6 Å². The predicted molar refractivity (Wildman–Crippen MR) is 139 cm³/mol. The van der Waals surface area contributed by atoms with Crippen LogP contribution in [0.2, 0.25) is 0 Å². The summed E-state index contributed by atoms with van der Waals surface area (Å²) >= 11 is 5.46. The van der Waals surface area contributed by atoms with Crippen LogP contribution in [0.3, 0.4) is 0 Å². The molecule has 1 saturated carbocycles. The first-order chi connectivity index (χ1) is 18.2. The summed E-state index contributed by atoms with van der Waals surface area (Å²) in [4.78, 5) is 35.6. The predicted octanol–water partition coefficient (Wildman–Crippen LogP) is 3.97. The number of hydrogen-bond donors (Lipinski definition) is 3. The van der Waals surface area contributed by atoms with Gasteiger partial charge in [-0.15, -0.1) is 0 Å². The van der Waals surface area contributed by atoms with E-state index in [4.69, 9.17) is 12.2 Å². The number of carbonyl (C=O) groups excluding carboxylic acids is 2. The molecule has 0 spiro atoms. The average Bonchev–Trinajstić information content (AvgIpc) is 3.48. The smallest absolute Gasteiger partial charge is 0.393 e. The molecule has 8 nitrogen and oxygen atoms in total. The van der Waals surface area contributed by atoms with Gasteiger partial charge in [0.25, 0.3) is 18.2 Å². The molecule has 0 aromatic carbocycles. The highest BCUT2D eigenvalue weighted by molar-refractivity contribution is 7.81. The lowest BCUT2D eigenvalue weighted by molar-refractivity contribution is -0.138. The molecule has 1 unspecified atom stereocenters. The molecule has 1 aromatic heterocycles. The van der Waals surface area contributed by atoms with Crippen molar-refractivity contribution in [3.63, 3.8) is 0 Å². The Morgan fingerprint density at radius 1 is 1.26 bits per heavy atom. The molecule has 0 radical (unpaired) electrons. The van der Waals surface area contributed by atoms with Crippen LogP contribution in [0.25, 0.3) is 0 Å². The lowest BCUT2D eigenvalue weighted by Crippen LogP contribution is -2.45. The summed E-state index contributed by atoms with van der Waals surface area (Å²) in [6.07, 6.45) is -4.47. The van der Waals surface area contributed by atoms with Gasteiger partial charge in [0.15, 0.2) is 6.04 Å². The van der Waals surface area contributed by atoms with E-state index in [1.54, 1.807) is 0 Å². The monoisotopic (exact) mass is 577 g/mol. The number of alkyl halides is 5. The fraction of sp³-hybridized carbons (Fsp3) is 0.640. The molecule has 5 atom stereocenters. The van der Waals surface area contributed by atoms with Crippen molar-refractivity contribution in [2.75, 3.05) is 11.9 Å². The first-order valence-corrected chi connectivity index (χ1v) is 13.1. The van der Waals surface area contributed by atoms with E-state index < -0.39 is 54.0 Å². The molecular formula is C25H32F5N5O3S. The van der Waals surface area contributed by atoms with Crippen molar-refractivity contribution in [2.45, 2.75) is 95.7 Å². The number of amides is 2. The van der Waals surface area contributed by atoms with E-state index >= 15 is 0 Å². The fourth-order valence-electron chi connectivity index (χ4n) is 4.66. The Morgan fingerprint density at radius 2 is 1.95 bits per heavy atom. The highest BCUT2D eigenvalue weighted by Crippen LogP contribution is 2.30. The van der Waals surface area contributed by atoms with Gasteiger partial charge in [-0.25, -0.2) is 13.8 Å². The number of carbonyl (C=O) groups is 2. The van der Waals surface area contributed by atoms with Crippen molar-refractivity contribution in [2.24, 2.45) is 4.99 Å². The molecule has 2 aliphatic rings. The normalized spacial score (nSPS) is 23.6. The number of aliphatic hydroxyl groups is 1. The summed E-state index contributed by atoms with van der Waals surface area (Å²) in [7, 11) is 0. The molecule has 1 aromatic rings. The molecular weight excluding hydrogens is 545 g/mol. The molecule has 2 heterocycles. The minimum atomic E-state index is -4.63. The van der Waals surface area contributed by atoms with Gasteiger partial charge in [0.2, 0.25) is 0 Å². The number of pyridine rings is 1. The van der Waals surface area contributed by atoms with Gasteiger partial charge in [-0.2, -0.15) is 13.2 Å².